The van der Waals surface area contributed by atoms with Crippen LogP contribution in [0.4, 0.5) is 0 Å². The van der Waals surface area contributed by atoms with E-state index in [4.69, 9.17) is 9.47 Å². The van der Waals surface area contributed by atoms with Gasteiger partial charge in [-0.1, -0.05) is 24.3 Å². The summed E-state index contributed by atoms with van der Waals surface area (Å²) < 4.78 is 10.6. The van der Waals surface area contributed by atoms with Gasteiger partial charge in [-0.3, -0.25) is 9.80 Å². The molecule has 0 aromatic heterocycles. The highest BCUT2D eigenvalue weighted by Gasteiger charge is 2.43. The zero-order chi connectivity index (χ0) is 26.3. The van der Waals surface area contributed by atoms with Crippen molar-refractivity contribution in [3.8, 4) is 0 Å². The quantitative estimate of drug-likeness (QED) is 0.399. The van der Waals surface area contributed by atoms with Crippen LogP contribution in [0.3, 0.4) is 0 Å². The Kier molecular flexibility index (Phi) is 11.0. The number of allylic oxidation sites excluding steroid dienone is 2. The van der Waals surface area contributed by atoms with Crippen molar-refractivity contribution in [1.29, 1.82) is 0 Å². The molecule has 2 saturated carbocycles. The third-order valence-corrected chi connectivity index (χ3v) is 8.70. The first kappa shape index (κ1) is 29.7. The van der Waals surface area contributed by atoms with E-state index >= 15 is 0 Å². The van der Waals surface area contributed by atoms with E-state index in [1.54, 1.807) is 0 Å². The van der Waals surface area contributed by atoms with Gasteiger partial charge in [0.1, 0.15) is 11.2 Å². The first-order valence-corrected chi connectivity index (χ1v) is 13.7. The maximum atomic E-state index is 10.6. The number of β-amino-alcohol motifs (C(OH)–C–C–N with tert-alkyl or cyclic N) is 2. The molecule has 2 saturated heterocycles. The molecule has 0 aromatic rings. The molecule has 0 bridgehead atoms. The largest absolute Gasteiger partial charge is 0.390 e. The molecule has 0 spiro atoms. The molecule has 208 valence electrons. The van der Waals surface area contributed by atoms with Gasteiger partial charge in [-0.15, -0.1) is 0 Å². The second-order valence-electron chi connectivity index (χ2n) is 11.7. The summed E-state index contributed by atoms with van der Waals surface area (Å²) in [6.07, 6.45) is 3.14. The van der Waals surface area contributed by atoms with E-state index in [1.807, 2.05) is 13.8 Å². The van der Waals surface area contributed by atoms with E-state index in [2.05, 4.69) is 23.0 Å². The molecule has 2 aliphatic carbocycles. The highest BCUT2D eigenvalue weighted by molar-refractivity contribution is 5.06. The molecular formula is C28H50N2O6. The van der Waals surface area contributed by atoms with E-state index in [0.717, 1.165) is 76.6 Å². The number of nitrogens with zero attached hydrogens (tertiary/aromatic N) is 2. The van der Waals surface area contributed by atoms with Crippen molar-refractivity contribution in [3.05, 3.63) is 24.3 Å². The Hall–Kier alpha value is -0.840. The van der Waals surface area contributed by atoms with Gasteiger partial charge in [0.25, 0.3) is 0 Å². The molecule has 2 aliphatic heterocycles. The lowest BCUT2D eigenvalue weighted by Crippen LogP contribution is -2.56. The molecule has 4 aliphatic rings. The minimum atomic E-state index is -0.955. The summed E-state index contributed by atoms with van der Waals surface area (Å²) in [5.74, 6) is 0.704. The Morgan fingerprint density at radius 3 is 1.33 bits per heavy atom. The third-order valence-electron chi connectivity index (χ3n) is 8.70. The predicted molar refractivity (Wildman–Crippen MR) is 141 cm³/mol. The maximum absolute atomic E-state index is 10.6. The van der Waals surface area contributed by atoms with Crippen LogP contribution < -0.4 is 0 Å². The Bertz CT molecular complexity index is 663. The van der Waals surface area contributed by atoms with Crippen molar-refractivity contribution >= 4 is 0 Å². The average Bonchev–Trinajstić information content (AvgIpc) is 2.84. The number of morpholine rings is 2. The summed E-state index contributed by atoms with van der Waals surface area (Å²) in [4.78, 5) is 4.38. The van der Waals surface area contributed by atoms with E-state index in [-0.39, 0.29) is 0 Å². The van der Waals surface area contributed by atoms with Crippen molar-refractivity contribution in [2.24, 2.45) is 11.8 Å². The SMILES string of the molecule is C=C(C)[C@H]1CC[C@](O)(CN2CCOCC2)[C@H](O)C1.C=C(C)[C@H]1CC[C@](O)(CN2CCOCC2)[C@H](O)C1. The van der Waals surface area contributed by atoms with Gasteiger partial charge in [0.2, 0.25) is 0 Å². The van der Waals surface area contributed by atoms with Crippen molar-refractivity contribution in [2.45, 2.75) is 75.8 Å². The number of aliphatic hydroxyl groups is 4. The molecular weight excluding hydrogens is 460 g/mol. The third kappa shape index (κ3) is 8.08. The lowest BCUT2D eigenvalue weighted by atomic mass is 9.74. The molecule has 8 heteroatoms. The smallest absolute Gasteiger partial charge is 0.103 e. The molecule has 4 N–H and O–H groups in total. The predicted octanol–water partition coefficient (Wildman–Crippen LogP) is 1.57. The molecule has 4 rings (SSSR count). The number of aliphatic hydroxyl groups excluding tert-OH is 2. The maximum Gasteiger partial charge on any atom is 0.103 e. The van der Waals surface area contributed by atoms with Crippen LogP contribution in [0.1, 0.15) is 52.4 Å². The first-order valence-electron chi connectivity index (χ1n) is 13.7. The van der Waals surface area contributed by atoms with Gasteiger partial charge in [0.15, 0.2) is 0 Å². The number of ether oxygens (including phenoxy) is 2. The zero-order valence-electron chi connectivity index (χ0n) is 22.5. The van der Waals surface area contributed by atoms with E-state index < -0.39 is 23.4 Å². The molecule has 4 fully saturated rings. The minimum Gasteiger partial charge on any atom is -0.390 e. The van der Waals surface area contributed by atoms with E-state index in [0.29, 0.717) is 50.6 Å². The van der Waals surface area contributed by atoms with Crippen LogP contribution in [-0.2, 0) is 9.47 Å². The fourth-order valence-electron chi connectivity index (χ4n) is 5.95. The summed E-state index contributed by atoms with van der Waals surface area (Å²) >= 11 is 0. The van der Waals surface area contributed by atoms with Crippen LogP contribution in [0.25, 0.3) is 0 Å². The highest BCUT2D eigenvalue weighted by atomic mass is 16.5. The molecule has 2 heterocycles. The van der Waals surface area contributed by atoms with Crippen LogP contribution in [0.15, 0.2) is 24.3 Å². The number of hydrogen-bond donors (Lipinski definition) is 4. The van der Waals surface area contributed by atoms with Gasteiger partial charge < -0.3 is 29.9 Å². The zero-order valence-corrected chi connectivity index (χ0v) is 22.5. The topological polar surface area (TPSA) is 106 Å². The lowest BCUT2D eigenvalue weighted by molar-refractivity contribution is -0.129. The van der Waals surface area contributed by atoms with Crippen LogP contribution in [-0.4, -0.2) is 119 Å². The van der Waals surface area contributed by atoms with E-state index in [9.17, 15) is 20.4 Å². The Morgan fingerprint density at radius 1 is 0.722 bits per heavy atom. The van der Waals surface area contributed by atoms with Crippen molar-refractivity contribution in [3.63, 3.8) is 0 Å². The highest BCUT2D eigenvalue weighted by Crippen LogP contribution is 2.37. The monoisotopic (exact) mass is 510 g/mol. The minimum absolute atomic E-state index is 0.352. The Labute approximate surface area is 217 Å². The van der Waals surface area contributed by atoms with Gasteiger partial charge in [0.05, 0.1) is 38.6 Å². The van der Waals surface area contributed by atoms with Gasteiger partial charge in [0, 0.05) is 39.3 Å². The first-order chi connectivity index (χ1) is 17.0. The van der Waals surface area contributed by atoms with E-state index in [1.165, 1.54) is 0 Å². The fraction of sp³-hybridized carbons (Fsp3) is 0.857. The summed E-state index contributed by atoms with van der Waals surface area (Å²) in [6.45, 7) is 19.3. The number of hydrogen-bond acceptors (Lipinski definition) is 8. The second-order valence-corrected chi connectivity index (χ2v) is 11.7. The van der Waals surface area contributed by atoms with Crippen LogP contribution in [0.2, 0.25) is 0 Å². The lowest BCUT2D eigenvalue weighted by Gasteiger charge is -2.43. The molecule has 0 radical (unpaired) electrons. The normalized spacial score (nSPS) is 38.6. The van der Waals surface area contributed by atoms with Gasteiger partial charge >= 0.3 is 0 Å². The van der Waals surface area contributed by atoms with Crippen LogP contribution in [0, 0.1) is 11.8 Å². The van der Waals surface area contributed by atoms with Gasteiger partial charge in [-0.25, -0.2) is 0 Å². The van der Waals surface area contributed by atoms with Gasteiger partial charge in [-0.05, 0) is 64.2 Å². The fourth-order valence-corrected chi connectivity index (χ4v) is 5.95. The molecule has 36 heavy (non-hydrogen) atoms. The van der Waals surface area contributed by atoms with Crippen LogP contribution in [0.5, 0.6) is 0 Å². The molecule has 6 atom stereocenters. The van der Waals surface area contributed by atoms with Gasteiger partial charge in [-0.2, -0.15) is 0 Å². The molecule has 0 aromatic carbocycles. The summed E-state index contributed by atoms with van der Waals surface area (Å²) in [5, 5.41) is 41.7. The van der Waals surface area contributed by atoms with Crippen molar-refractivity contribution < 1.29 is 29.9 Å². The molecule has 0 unspecified atom stereocenters. The summed E-state index contributed by atoms with van der Waals surface area (Å²) in [7, 11) is 0. The Morgan fingerprint density at radius 2 is 1.06 bits per heavy atom. The van der Waals surface area contributed by atoms with Crippen molar-refractivity contribution in [1.82, 2.24) is 9.80 Å². The Balaban J connectivity index is 0.000000201. The van der Waals surface area contributed by atoms with Crippen LogP contribution >= 0.6 is 0 Å². The summed E-state index contributed by atoms with van der Waals surface area (Å²) in [5.41, 5.74) is 0.317. The molecule has 8 nitrogen and oxygen atoms in total. The molecule has 0 amide bonds. The second kappa shape index (κ2) is 13.3. The standard InChI is InChI=1S/2C14H25NO3/c2*1-11(2)12-3-4-14(17,13(16)9-12)10-15-5-7-18-8-6-15/h2*12-13,16-17H,1,3-10H2,2H3/t2*12-,13+,14-/m00/s1. The van der Waals surface area contributed by atoms with Crippen molar-refractivity contribution in [2.75, 3.05) is 65.7 Å². The average molecular weight is 511 g/mol. The summed E-state index contributed by atoms with van der Waals surface area (Å²) in [6, 6.07) is 0. The number of rotatable bonds is 6.